The van der Waals surface area contributed by atoms with E-state index >= 15 is 0 Å². The van der Waals surface area contributed by atoms with Crippen molar-refractivity contribution in [3.63, 3.8) is 0 Å². The zero-order valence-electron chi connectivity index (χ0n) is 15.4. The molecule has 1 aliphatic carbocycles. The van der Waals surface area contributed by atoms with Crippen LogP contribution in [-0.4, -0.2) is 4.98 Å². The summed E-state index contributed by atoms with van der Waals surface area (Å²) in [6, 6.07) is 22.4. The van der Waals surface area contributed by atoms with Crippen LogP contribution in [0.25, 0.3) is 44.3 Å². The number of hydrogen-bond acceptors (Lipinski definition) is 1. The zero-order valence-corrected chi connectivity index (χ0v) is 15.4. The summed E-state index contributed by atoms with van der Waals surface area (Å²) in [6.07, 6.45) is 1.94. The van der Waals surface area contributed by atoms with Crippen molar-refractivity contribution in [2.75, 3.05) is 0 Å². The summed E-state index contributed by atoms with van der Waals surface area (Å²) >= 11 is 0. The average Bonchev–Trinajstić information content (AvgIpc) is 2.77. The molecule has 0 fully saturated rings. The summed E-state index contributed by atoms with van der Waals surface area (Å²) in [4.78, 5) is 4.81. The molecule has 0 saturated heterocycles. The lowest BCUT2D eigenvalue weighted by atomic mass is 9.89. The normalized spacial score (nSPS) is 12.0. The van der Waals surface area contributed by atoms with Gasteiger partial charge < -0.3 is 0 Å². The van der Waals surface area contributed by atoms with Crippen molar-refractivity contribution in [3.8, 4) is 33.5 Å². The molecular weight excluding hydrogens is 314 g/mol. The van der Waals surface area contributed by atoms with E-state index in [2.05, 4.69) is 81.4 Å². The van der Waals surface area contributed by atoms with Gasteiger partial charge in [0.1, 0.15) is 0 Å². The van der Waals surface area contributed by atoms with Gasteiger partial charge in [-0.1, -0.05) is 68.4 Å². The second kappa shape index (κ2) is 5.54. The van der Waals surface area contributed by atoms with Gasteiger partial charge in [0.2, 0.25) is 0 Å². The molecule has 3 aromatic carbocycles. The van der Waals surface area contributed by atoms with Crippen molar-refractivity contribution in [2.45, 2.75) is 26.7 Å². The summed E-state index contributed by atoms with van der Waals surface area (Å²) < 4.78 is 0. The highest BCUT2D eigenvalue weighted by atomic mass is 14.7. The summed E-state index contributed by atoms with van der Waals surface area (Å²) in [5, 5.41) is 2.53. The van der Waals surface area contributed by atoms with Gasteiger partial charge in [0, 0.05) is 17.1 Å². The molecule has 0 atom stereocenters. The number of fused-ring (bicyclic) bond motifs is 5. The highest BCUT2D eigenvalue weighted by molar-refractivity contribution is 6.12. The first-order chi connectivity index (χ1) is 12.6. The molecule has 0 amide bonds. The van der Waals surface area contributed by atoms with Crippen molar-refractivity contribution in [3.05, 3.63) is 78.0 Å². The van der Waals surface area contributed by atoms with Crippen molar-refractivity contribution in [1.29, 1.82) is 0 Å². The molecule has 0 spiro atoms. The molecule has 1 aliphatic rings. The van der Waals surface area contributed by atoms with Crippen LogP contribution in [0.4, 0.5) is 0 Å². The Kier molecular flexibility index (Phi) is 3.27. The van der Waals surface area contributed by atoms with Crippen LogP contribution in [0.2, 0.25) is 0 Å². The summed E-state index contributed by atoms with van der Waals surface area (Å²) in [5.74, 6) is 0.508. The van der Waals surface area contributed by atoms with Gasteiger partial charge in [-0.25, -0.2) is 0 Å². The number of aromatic nitrogens is 1. The third-order valence-electron chi connectivity index (χ3n) is 5.48. The van der Waals surface area contributed by atoms with E-state index < -0.39 is 0 Å². The van der Waals surface area contributed by atoms with Gasteiger partial charge in [-0.3, -0.25) is 4.98 Å². The van der Waals surface area contributed by atoms with Gasteiger partial charge in [-0.05, 0) is 57.7 Å². The zero-order chi connectivity index (χ0) is 17.8. The Morgan fingerprint density at radius 2 is 1.50 bits per heavy atom. The molecule has 4 aromatic rings. The number of benzene rings is 3. The van der Waals surface area contributed by atoms with Crippen LogP contribution in [0.3, 0.4) is 0 Å². The maximum Gasteiger partial charge on any atom is 0.0792 e. The summed E-state index contributed by atoms with van der Waals surface area (Å²) in [5.41, 5.74) is 10.2. The fraction of sp³-hybridized carbons (Fsp3) is 0.160. The molecule has 0 radical (unpaired) electrons. The first-order valence-electron chi connectivity index (χ1n) is 9.27. The van der Waals surface area contributed by atoms with Crippen LogP contribution in [0.5, 0.6) is 0 Å². The molecule has 26 heavy (non-hydrogen) atoms. The maximum atomic E-state index is 4.81. The van der Waals surface area contributed by atoms with Crippen molar-refractivity contribution in [2.24, 2.45) is 0 Å². The minimum Gasteiger partial charge on any atom is -0.256 e. The van der Waals surface area contributed by atoms with E-state index in [9.17, 15) is 0 Å². The van der Waals surface area contributed by atoms with E-state index in [1.807, 2.05) is 6.20 Å². The third-order valence-corrected chi connectivity index (χ3v) is 5.48. The first kappa shape index (κ1) is 15.3. The number of rotatable bonds is 1. The lowest BCUT2D eigenvalue weighted by Gasteiger charge is -2.14. The minimum atomic E-state index is 0.508. The highest BCUT2D eigenvalue weighted by Crippen LogP contribution is 2.47. The van der Waals surface area contributed by atoms with Gasteiger partial charge >= 0.3 is 0 Å². The Labute approximate surface area is 154 Å². The standard InChI is InChI=1S/C25H21N/c1-15(2)17-8-9-20-22(14-17)19-6-4-5-7-21(19)25-24-18(10-11-26-25)12-16(3)13-23(20)24/h4-15H,1-3H3. The Morgan fingerprint density at radius 1 is 0.731 bits per heavy atom. The molecular formula is C25H21N. The van der Waals surface area contributed by atoms with Gasteiger partial charge in [0.05, 0.1) is 5.69 Å². The van der Waals surface area contributed by atoms with E-state index in [4.69, 9.17) is 4.98 Å². The predicted molar refractivity (Wildman–Crippen MR) is 110 cm³/mol. The molecule has 1 aromatic heterocycles. The quantitative estimate of drug-likeness (QED) is 0.322. The maximum absolute atomic E-state index is 4.81. The van der Waals surface area contributed by atoms with Gasteiger partial charge in [-0.2, -0.15) is 0 Å². The smallest absolute Gasteiger partial charge is 0.0792 e. The SMILES string of the molecule is Cc1cc2c3c(nccc3c1)-c1ccccc1-c1cc(C(C)C)ccc1-2. The van der Waals surface area contributed by atoms with Crippen molar-refractivity contribution >= 4 is 10.8 Å². The Morgan fingerprint density at radius 3 is 2.31 bits per heavy atom. The van der Waals surface area contributed by atoms with Crippen LogP contribution in [0, 0.1) is 6.92 Å². The first-order valence-corrected chi connectivity index (χ1v) is 9.27. The Hall–Kier alpha value is -2.93. The van der Waals surface area contributed by atoms with E-state index in [1.165, 1.54) is 49.7 Å². The molecule has 1 heterocycles. The van der Waals surface area contributed by atoms with Crippen LogP contribution in [0.15, 0.2) is 66.9 Å². The number of hydrogen-bond donors (Lipinski definition) is 0. The average molecular weight is 335 g/mol. The number of aryl methyl sites for hydroxylation is 1. The molecule has 5 rings (SSSR count). The molecule has 0 aliphatic heterocycles. The highest BCUT2D eigenvalue weighted by Gasteiger charge is 2.22. The van der Waals surface area contributed by atoms with E-state index in [1.54, 1.807) is 0 Å². The Bertz CT molecular complexity index is 1170. The second-order valence-electron chi connectivity index (χ2n) is 7.58. The lowest BCUT2D eigenvalue weighted by Crippen LogP contribution is -1.91. The van der Waals surface area contributed by atoms with Crippen LogP contribution in [-0.2, 0) is 0 Å². The third kappa shape index (κ3) is 2.13. The largest absolute Gasteiger partial charge is 0.256 e. The van der Waals surface area contributed by atoms with Crippen molar-refractivity contribution < 1.29 is 0 Å². The molecule has 1 heteroatoms. The molecule has 0 N–H and O–H groups in total. The summed E-state index contributed by atoms with van der Waals surface area (Å²) in [7, 11) is 0. The van der Waals surface area contributed by atoms with Gasteiger partial charge in [0.15, 0.2) is 0 Å². The fourth-order valence-electron chi connectivity index (χ4n) is 4.19. The number of pyridine rings is 1. The topological polar surface area (TPSA) is 12.9 Å². The monoisotopic (exact) mass is 335 g/mol. The second-order valence-corrected chi connectivity index (χ2v) is 7.58. The van der Waals surface area contributed by atoms with Crippen LogP contribution < -0.4 is 0 Å². The van der Waals surface area contributed by atoms with Crippen LogP contribution in [0.1, 0.15) is 30.9 Å². The van der Waals surface area contributed by atoms with Gasteiger partial charge in [-0.15, -0.1) is 0 Å². The minimum absolute atomic E-state index is 0.508. The Balaban J connectivity index is 2.01. The molecule has 0 unspecified atom stereocenters. The van der Waals surface area contributed by atoms with Gasteiger partial charge in [0.25, 0.3) is 0 Å². The predicted octanol–water partition coefficient (Wildman–Crippen LogP) is 6.98. The molecule has 1 nitrogen and oxygen atoms in total. The van der Waals surface area contributed by atoms with Crippen LogP contribution >= 0.6 is 0 Å². The van der Waals surface area contributed by atoms with E-state index in [0.717, 1.165) is 5.69 Å². The number of nitrogens with zero attached hydrogens (tertiary/aromatic N) is 1. The van der Waals surface area contributed by atoms with Crippen molar-refractivity contribution in [1.82, 2.24) is 4.98 Å². The fourth-order valence-corrected chi connectivity index (χ4v) is 4.19. The summed E-state index contributed by atoms with van der Waals surface area (Å²) in [6.45, 7) is 6.69. The molecule has 126 valence electrons. The molecule has 0 saturated carbocycles. The van der Waals surface area contributed by atoms with E-state index in [0.29, 0.717) is 5.92 Å². The van der Waals surface area contributed by atoms with E-state index in [-0.39, 0.29) is 0 Å². The molecule has 0 bridgehead atoms. The lowest BCUT2D eigenvalue weighted by molar-refractivity contribution is 0.867.